The summed E-state index contributed by atoms with van der Waals surface area (Å²) < 4.78 is 12.6. The highest BCUT2D eigenvalue weighted by molar-refractivity contribution is 5.03. The number of aromatic amines is 1. The third kappa shape index (κ3) is 2.01. The van der Waals surface area contributed by atoms with Crippen LogP contribution in [0.1, 0.15) is 24.6 Å². The van der Waals surface area contributed by atoms with E-state index in [4.69, 9.17) is 5.73 Å². The Hall–Kier alpha value is -0.900. The summed E-state index contributed by atoms with van der Waals surface area (Å²) in [5.41, 5.74) is 5.81. The molecule has 0 saturated heterocycles. The van der Waals surface area contributed by atoms with Gasteiger partial charge in [0.25, 0.3) is 0 Å². The molecule has 0 aliphatic carbocycles. The second-order valence-electron chi connectivity index (χ2n) is 2.44. The van der Waals surface area contributed by atoms with Crippen LogP contribution >= 0.6 is 0 Å². The van der Waals surface area contributed by atoms with Crippen molar-refractivity contribution in [3.63, 3.8) is 0 Å². The lowest BCUT2D eigenvalue weighted by molar-refractivity contribution is 0.366. The largest absolute Gasteiger partial charge is 0.343 e. The lowest BCUT2D eigenvalue weighted by Gasteiger charge is -1.94. The average Bonchev–Trinajstić information content (AvgIpc) is 2.37. The Bertz CT molecular complexity index is 219. The summed E-state index contributed by atoms with van der Waals surface area (Å²) in [5.74, 6) is 0.756. The molecule has 0 aliphatic rings. The van der Waals surface area contributed by atoms with Crippen molar-refractivity contribution in [2.24, 2.45) is 5.73 Å². The number of aromatic nitrogens is 2. The highest BCUT2D eigenvalue weighted by Gasteiger charge is 2.05. The van der Waals surface area contributed by atoms with Gasteiger partial charge in [-0.15, -0.1) is 0 Å². The SMILES string of the molecule is CC(F)c1cnc(CCN)[nH]1. The Morgan fingerprint density at radius 2 is 2.55 bits per heavy atom. The molecule has 1 aromatic heterocycles. The number of alkyl halides is 1. The molecule has 0 spiro atoms. The lowest BCUT2D eigenvalue weighted by Crippen LogP contribution is -2.04. The fourth-order valence-electron chi connectivity index (χ4n) is 0.845. The maximum absolute atomic E-state index is 12.6. The van der Waals surface area contributed by atoms with Crippen molar-refractivity contribution in [1.29, 1.82) is 0 Å². The number of nitrogens with two attached hydrogens (primary N) is 1. The summed E-state index contributed by atoms with van der Waals surface area (Å²) in [6, 6.07) is 0. The predicted molar refractivity (Wildman–Crippen MR) is 40.9 cm³/mol. The van der Waals surface area contributed by atoms with Crippen molar-refractivity contribution in [2.45, 2.75) is 19.5 Å². The van der Waals surface area contributed by atoms with Gasteiger partial charge in [-0.05, 0) is 13.5 Å². The fraction of sp³-hybridized carbons (Fsp3) is 0.571. The van der Waals surface area contributed by atoms with Gasteiger partial charge in [-0.2, -0.15) is 0 Å². The smallest absolute Gasteiger partial charge is 0.139 e. The van der Waals surface area contributed by atoms with Gasteiger partial charge in [0.2, 0.25) is 0 Å². The second-order valence-corrected chi connectivity index (χ2v) is 2.44. The van der Waals surface area contributed by atoms with Gasteiger partial charge < -0.3 is 10.7 Å². The fourth-order valence-corrected chi connectivity index (χ4v) is 0.845. The van der Waals surface area contributed by atoms with Crippen molar-refractivity contribution in [2.75, 3.05) is 6.54 Å². The van der Waals surface area contributed by atoms with Gasteiger partial charge in [0, 0.05) is 6.42 Å². The first-order chi connectivity index (χ1) is 5.24. The maximum Gasteiger partial charge on any atom is 0.139 e. The van der Waals surface area contributed by atoms with Crippen LogP contribution in [0.2, 0.25) is 0 Å². The highest BCUT2D eigenvalue weighted by atomic mass is 19.1. The number of H-pyrrole nitrogens is 1. The van der Waals surface area contributed by atoms with Gasteiger partial charge in [0.1, 0.15) is 12.0 Å². The number of imidazole rings is 1. The molecule has 11 heavy (non-hydrogen) atoms. The number of nitrogens with one attached hydrogen (secondary N) is 1. The van der Waals surface area contributed by atoms with E-state index in [0.717, 1.165) is 5.82 Å². The van der Waals surface area contributed by atoms with Gasteiger partial charge in [0.15, 0.2) is 0 Å². The number of nitrogens with zero attached hydrogens (tertiary/aromatic N) is 1. The molecule has 0 aromatic carbocycles. The zero-order valence-electron chi connectivity index (χ0n) is 6.47. The van der Waals surface area contributed by atoms with Gasteiger partial charge in [0.05, 0.1) is 11.9 Å². The molecule has 3 nitrogen and oxygen atoms in total. The molecule has 0 aliphatic heterocycles. The first-order valence-electron chi connectivity index (χ1n) is 3.62. The van der Waals surface area contributed by atoms with Crippen LogP contribution in [0, 0.1) is 0 Å². The molecule has 4 heteroatoms. The summed E-state index contributed by atoms with van der Waals surface area (Å²) in [4.78, 5) is 6.80. The first-order valence-corrected chi connectivity index (χ1v) is 3.62. The van der Waals surface area contributed by atoms with Crippen LogP contribution in [0.5, 0.6) is 0 Å². The predicted octanol–water partition coefficient (Wildman–Crippen LogP) is 0.941. The van der Waals surface area contributed by atoms with Gasteiger partial charge >= 0.3 is 0 Å². The van der Waals surface area contributed by atoms with E-state index in [1.807, 2.05) is 0 Å². The van der Waals surface area contributed by atoms with Gasteiger partial charge in [-0.1, -0.05) is 0 Å². The molecule has 1 unspecified atom stereocenters. The third-order valence-corrected chi connectivity index (χ3v) is 1.46. The molecular formula is C7H12FN3. The Morgan fingerprint density at radius 1 is 1.82 bits per heavy atom. The van der Waals surface area contributed by atoms with E-state index < -0.39 is 6.17 Å². The van der Waals surface area contributed by atoms with Crippen LogP contribution in [0.3, 0.4) is 0 Å². The minimum Gasteiger partial charge on any atom is -0.343 e. The van der Waals surface area contributed by atoms with E-state index in [1.165, 1.54) is 13.1 Å². The van der Waals surface area contributed by atoms with Crippen molar-refractivity contribution >= 4 is 0 Å². The van der Waals surface area contributed by atoms with E-state index in [0.29, 0.717) is 18.7 Å². The van der Waals surface area contributed by atoms with Gasteiger partial charge in [-0.25, -0.2) is 9.37 Å². The van der Waals surface area contributed by atoms with Gasteiger partial charge in [-0.3, -0.25) is 0 Å². The highest BCUT2D eigenvalue weighted by Crippen LogP contribution is 2.12. The molecule has 0 saturated carbocycles. The molecular weight excluding hydrogens is 145 g/mol. The molecule has 1 heterocycles. The summed E-state index contributed by atoms with van der Waals surface area (Å²) in [7, 11) is 0. The van der Waals surface area contributed by atoms with E-state index in [2.05, 4.69) is 9.97 Å². The van der Waals surface area contributed by atoms with Crippen molar-refractivity contribution in [1.82, 2.24) is 9.97 Å². The molecule has 1 aromatic rings. The van der Waals surface area contributed by atoms with E-state index in [-0.39, 0.29) is 0 Å². The second kappa shape index (κ2) is 3.48. The molecule has 0 radical (unpaired) electrons. The van der Waals surface area contributed by atoms with Crippen molar-refractivity contribution < 1.29 is 4.39 Å². The zero-order chi connectivity index (χ0) is 8.27. The third-order valence-electron chi connectivity index (χ3n) is 1.46. The Morgan fingerprint density at radius 3 is 3.00 bits per heavy atom. The molecule has 0 bridgehead atoms. The lowest BCUT2D eigenvalue weighted by atomic mass is 10.3. The molecule has 62 valence electrons. The van der Waals surface area contributed by atoms with Crippen LogP contribution in [0.25, 0.3) is 0 Å². The maximum atomic E-state index is 12.6. The van der Waals surface area contributed by atoms with Crippen LogP contribution in [-0.2, 0) is 6.42 Å². The van der Waals surface area contributed by atoms with E-state index in [1.54, 1.807) is 0 Å². The van der Waals surface area contributed by atoms with Crippen LogP contribution in [0.15, 0.2) is 6.20 Å². The van der Waals surface area contributed by atoms with Crippen LogP contribution in [0.4, 0.5) is 4.39 Å². The molecule has 1 rings (SSSR count). The topological polar surface area (TPSA) is 54.7 Å². The zero-order valence-corrected chi connectivity index (χ0v) is 6.47. The summed E-state index contributed by atoms with van der Waals surface area (Å²) in [6.07, 6.45) is 1.21. The minimum atomic E-state index is -0.978. The Kier molecular flexibility index (Phi) is 2.59. The summed E-state index contributed by atoms with van der Waals surface area (Å²) >= 11 is 0. The number of hydrogen-bond donors (Lipinski definition) is 2. The monoisotopic (exact) mass is 157 g/mol. The number of rotatable bonds is 3. The number of hydrogen-bond acceptors (Lipinski definition) is 2. The Balaban J connectivity index is 2.66. The van der Waals surface area contributed by atoms with Crippen molar-refractivity contribution in [3.8, 4) is 0 Å². The Labute approximate surface area is 64.8 Å². The summed E-state index contributed by atoms with van der Waals surface area (Å²) in [5, 5.41) is 0. The molecule has 3 N–H and O–H groups in total. The average molecular weight is 157 g/mol. The normalized spacial score (nSPS) is 13.4. The first kappa shape index (κ1) is 8.20. The molecule has 0 amide bonds. The number of halogens is 1. The van der Waals surface area contributed by atoms with Crippen molar-refractivity contribution in [3.05, 3.63) is 17.7 Å². The van der Waals surface area contributed by atoms with E-state index in [9.17, 15) is 4.39 Å². The van der Waals surface area contributed by atoms with Crippen LogP contribution in [-0.4, -0.2) is 16.5 Å². The molecule has 0 fully saturated rings. The quantitative estimate of drug-likeness (QED) is 0.686. The minimum absolute atomic E-state index is 0.522. The summed E-state index contributed by atoms with van der Waals surface area (Å²) in [6.45, 7) is 2.01. The standard InChI is InChI=1S/C7H12FN3/c1-5(8)6-4-10-7(11-6)2-3-9/h4-5H,2-3,9H2,1H3,(H,10,11). The molecule has 1 atom stereocenters. The van der Waals surface area contributed by atoms with E-state index >= 15 is 0 Å². The van der Waals surface area contributed by atoms with Crippen LogP contribution < -0.4 is 5.73 Å².